The van der Waals surface area contributed by atoms with E-state index in [1.54, 1.807) is 0 Å². The Bertz CT molecular complexity index is 639. The summed E-state index contributed by atoms with van der Waals surface area (Å²) in [5.41, 5.74) is 0.0991. The molecular weight excluding hydrogens is 342 g/mol. The van der Waals surface area contributed by atoms with Gasteiger partial charge in [0.05, 0.1) is 6.61 Å². The molecule has 2 heterocycles. The van der Waals surface area contributed by atoms with Crippen molar-refractivity contribution in [3.8, 4) is 11.5 Å². The first kappa shape index (κ1) is 20.0. The van der Waals surface area contributed by atoms with E-state index >= 15 is 0 Å². The van der Waals surface area contributed by atoms with Crippen LogP contribution in [0.25, 0.3) is 0 Å². The predicted molar refractivity (Wildman–Crippen MR) is 106 cm³/mol. The molecule has 1 amide bonds. The quantitative estimate of drug-likeness (QED) is 0.762. The molecule has 2 saturated heterocycles. The SMILES string of the molecule is CCOc1ccccc1OCCN1CCN(C)[C@]2(CCC(=O)N(C)CC2)C1. The van der Waals surface area contributed by atoms with Gasteiger partial charge in [-0.2, -0.15) is 0 Å². The summed E-state index contributed by atoms with van der Waals surface area (Å²) >= 11 is 0. The number of likely N-dealkylation sites (N-methyl/N-ethyl adjacent to an activating group) is 1. The van der Waals surface area contributed by atoms with E-state index in [-0.39, 0.29) is 11.4 Å². The maximum absolute atomic E-state index is 12.1. The summed E-state index contributed by atoms with van der Waals surface area (Å²) in [6.45, 7) is 8.06. The van der Waals surface area contributed by atoms with Crippen molar-refractivity contribution in [3.63, 3.8) is 0 Å². The second-order valence-electron chi connectivity index (χ2n) is 7.72. The van der Waals surface area contributed by atoms with Gasteiger partial charge < -0.3 is 14.4 Å². The van der Waals surface area contributed by atoms with E-state index in [1.165, 1.54) is 0 Å². The van der Waals surface area contributed by atoms with E-state index in [0.29, 0.717) is 19.6 Å². The summed E-state index contributed by atoms with van der Waals surface area (Å²) in [6.07, 6.45) is 2.63. The number of ether oxygens (including phenoxy) is 2. The fraction of sp³-hybridized carbons (Fsp3) is 0.667. The highest BCUT2D eigenvalue weighted by atomic mass is 16.5. The van der Waals surface area contributed by atoms with Gasteiger partial charge in [0.1, 0.15) is 6.61 Å². The maximum Gasteiger partial charge on any atom is 0.222 e. The Hall–Kier alpha value is -1.79. The summed E-state index contributed by atoms with van der Waals surface area (Å²) in [6, 6.07) is 7.85. The first-order valence-electron chi connectivity index (χ1n) is 10.1. The molecule has 2 aliphatic rings. The van der Waals surface area contributed by atoms with E-state index in [1.807, 2.05) is 43.1 Å². The van der Waals surface area contributed by atoms with Crippen molar-refractivity contribution in [1.29, 1.82) is 0 Å². The van der Waals surface area contributed by atoms with Crippen LogP contribution in [-0.4, -0.2) is 86.2 Å². The molecule has 1 spiro atoms. The third-order valence-electron chi connectivity index (χ3n) is 6.04. The second-order valence-corrected chi connectivity index (χ2v) is 7.72. The molecule has 0 N–H and O–H groups in total. The molecule has 1 aromatic rings. The van der Waals surface area contributed by atoms with Crippen LogP contribution >= 0.6 is 0 Å². The fourth-order valence-corrected chi connectivity index (χ4v) is 4.16. The molecule has 0 radical (unpaired) electrons. The lowest BCUT2D eigenvalue weighted by atomic mass is 9.86. The first-order chi connectivity index (χ1) is 13.0. The van der Waals surface area contributed by atoms with Gasteiger partial charge in [-0.25, -0.2) is 0 Å². The zero-order chi connectivity index (χ0) is 19.3. The molecule has 3 rings (SSSR count). The number of hydrogen-bond donors (Lipinski definition) is 0. The maximum atomic E-state index is 12.1. The van der Waals surface area contributed by atoms with E-state index in [2.05, 4.69) is 16.8 Å². The molecule has 6 nitrogen and oxygen atoms in total. The average molecular weight is 376 g/mol. The highest BCUT2D eigenvalue weighted by Crippen LogP contribution is 2.32. The molecule has 1 atom stereocenters. The van der Waals surface area contributed by atoms with E-state index in [9.17, 15) is 4.79 Å². The molecule has 2 aliphatic heterocycles. The molecule has 150 valence electrons. The third kappa shape index (κ3) is 4.74. The second kappa shape index (κ2) is 8.93. The summed E-state index contributed by atoms with van der Waals surface area (Å²) in [5, 5.41) is 0. The van der Waals surface area contributed by atoms with Crippen molar-refractivity contribution in [2.24, 2.45) is 0 Å². The van der Waals surface area contributed by atoms with Gasteiger partial charge >= 0.3 is 0 Å². The van der Waals surface area contributed by atoms with Crippen LogP contribution < -0.4 is 9.47 Å². The Labute approximate surface area is 163 Å². The molecule has 6 heteroatoms. The normalized spacial score (nSPS) is 24.9. The number of carbonyl (C=O) groups is 1. The Morgan fingerprint density at radius 1 is 1.04 bits per heavy atom. The van der Waals surface area contributed by atoms with Crippen LogP contribution in [-0.2, 0) is 4.79 Å². The number of benzene rings is 1. The van der Waals surface area contributed by atoms with Crippen LogP contribution in [0.3, 0.4) is 0 Å². The number of piperazine rings is 1. The van der Waals surface area contributed by atoms with Crippen LogP contribution in [0.5, 0.6) is 11.5 Å². The number of rotatable bonds is 6. The Kier molecular flexibility index (Phi) is 6.60. The molecule has 1 aromatic carbocycles. The van der Waals surface area contributed by atoms with Crippen molar-refractivity contribution in [2.75, 3.05) is 60.0 Å². The van der Waals surface area contributed by atoms with Gasteiger partial charge in [0.2, 0.25) is 5.91 Å². The number of nitrogens with zero attached hydrogens (tertiary/aromatic N) is 3. The predicted octanol–water partition coefficient (Wildman–Crippen LogP) is 2.09. The third-order valence-corrected chi connectivity index (χ3v) is 6.04. The Balaban J connectivity index is 1.56. The van der Waals surface area contributed by atoms with Crippen LogP contribution in [0.4, 0.5) is 0 Å². The topological polar surface area (TPSA) is 45.3 Å². The number of likely N-dealkylation sites (tertiary alicyclic amines) is 1. The van der Waals surface area contributed by atoms with Gasteiger partial charge in [-0.05, 0) is 38.9 Å². The highest BCUT2D eigenvalue weighted by molar-refractivity contribution is 5.76. The minimum absolute atomic E-state index is 0.0991. The van der Waals surface area contributed by atoms with Gasteiger partial charge in [-0.15, -0.1) is 0 Å². The molecule has 2 fully saturated rings. The van der Waals surface area contributed by atoms with Gasteiger partial charge in [0.25, 0.3) is 0 Å². The molecule has 27 heavy (non-hydrogen) atoms. The zero-order valence-electron chi connectivity index (χ0n) is 16.9. The molecule has 0 saturated carbocycles. The van der Waals surface area contributed by atoms with Crippen LogP contribution in [0.1, 0.15) is 26.2 Å². The van der Waals surface area contributed by atoms with Crippen molar-refractivity contribution < 1.29 is 14.3 Å². The zero-order valence-corrected chi connectivity index (χ0v) is 16.9. The number of amides is 1. The molecule has 0 unspecified atom stereocenters. The highest BCUT2D eigenvalue weighted by Gasteiger charge is 2.41. The minimum Gasteiger partial charge on any atom is -0.490 e. The van der Waals surface area contributed by atoms with E-state index < -0.39 is 0 Å². The van der Waals surface area contributed by atoms with Crippen LogP contribution in [0.2, 0.25) is 0 Å². The van der Waals surface area contributed by atoms with Crippen molar-refractivity contribution in [2.45, 2.75) is 31.7 Å². The van der Waals surface area contributed by atoms with Crippen LogP contribution in [0.15, 0.2) is 24.3 Å². The first-order valence-corrected chi connectivity index (χ1v) is 10.1. The van der Waals surface area contributed by atoms with Gasteiger partial charge in [0, 0.05) is 51.7 Å². The number of para-hydroxylation sites is 2. The van der Waals surface area contributed by atoms with Crippen molar-refractivity contribution >= 4 is 5.91 Å². The average Bonchev–Trinajstić information content (AvgIpc) is 2.81. The molecule has 0 aliphatic carbocycles. The summed E-state index contributed by atoms with van der Waals surface area (Å²) in [5.74, 6) is 1.89. The summed E-state index contributed by atoms with van der Waals surface area (Å²) < 4.78 is 11.6. The largest absolute Gasteiger partial charge is 0.490 e. The number of hydrogen-bond acceptors (Lipinski definition) is 5. The van der Waals surface area contributed by atoms with E-state index in [0.717, 1.165) is 57.1 Å². The summed E-state index contributed by atoms with van der Waals surface area (Å²) in [4.78, 5) is 18.9. The molecule has 0 bridgehead atoms. The van der Waals surface area contributed by atoms with Gasteiger partial charge in [0.15, 0.2) is 11.5 Å². The van der Waals surface area contributed by atoms with Crippen LogP contribution in [0, 0.1) is 0 Å². The lowest BCUT2D eigenvalue weighted by molar-refractivity contribution is -0.129. The molecular formula is C21H33N3O3. The molecule has 0 aromatic heterocycles. The summed E-state index contributed by atoms with van der Waals surface area (Å²) in [7, 11) is 4.13. The standard InChI is InChI=1S/C21H33N3O3/c1-4-26-18-7-5-6-8-19(18)27-16-15-24-14-13-23(3)21(17-24)10-9-20(25)22(2)12-11-21/h5-8H,4,9-17H2,1-3H3/t21-/m0/s1. The lowest BCUT2D eigenvalue weighted by Crippen LogP contribution is -2.61. The van der Waals surface area contributed by atoms with E-state index in [4.69, 9.17) is 9.47 Å². The van der Waals surface area contributed by atoms with Crippen molar-refractivity contribution in [3.05, 3.63) is 24.3 Å². The Morgan fingerprint density at radius 2 is 1.78 bits per heavy atom. The van der Waals surface area contributed by atoms with Gasteiger partial charge in [-0.3, -0.25) is 14.6 Å². The lowest BCUT2D eigenvalue weighted by Gasteiger charge is -2.49. The smallest absolute Gasteiger partial charge is 0.222 e. The van der Waals surface area contributed by atoms with Gasteiger partial charge in [-0.1, -0.05) is 12.1 Å². The Morgan fingerprint density at radius 3 is 2.52 bits per heavy atom. The minimum atomic E-state index is 0.0991. The monoisotopic (exact) mass is 375 g/mol. The fourth-order valence-electron chi connectivity index (χ4n) is 4.16. The van der Waals surface area contributed by atoms with Crippen molar-refractivity contribution in [1.82, 2.24) is 14.7 Å². The number of carbonyl (C=O) groups excluding carboxylic acids is 1.